The first kappa shape index (κ1) is 17.4. The second-order valence-corrected chi connectivity index (χ2v) is 6.55. The van der Waals surface area contributed by atoms with Crippen molar-refractivity contribution in [1.82, 2.24) is 4.90 Å². The molecule has 1 aliphatic rings. The summed E-state index contributed by atoms with van der Waals surface area (Å²) in [5.74, 6) is 1.41. The van der Waals surface area contributed by atoms with Crippen molar-refractivity contribution in [3.63, 3.8) is 0 Å². The highest BCUT2D eigenvalue weighted by molar-refractivity contribution is 5.92. The van der Waals surface area contributed by atoms with Crippen LogP contribution in [0.4, 0.5) is 5.69 Å². The van der Waals surface area contributed by atoms with E-state index >= 15 is 0 Å². The summed E-state index contributed by atoms with van der Waals surface area (Å²) in [5, 5.41) is 0. The average Bonchev–Trinajstić information content (AvgIpc) is 2.55. The number of amides is 1. The van der Waals surface area contributed by atoms with Gasteiger partial charge in [-0.05, 0) is 55.4 Å². The Labute approximate surface area is 139 Å². The number of nitrogens with zero attached hydrogens (tertiary/aromatic N) is 1. The van der Waals surface area contributed by atoms with Gasteiger partial charge in [0.05, 0.1) is 12.3 Å². The smallest absolute Gasteiger partial charge is 0.246 e. The first-order valence-corrected chi connectivity index (χ1v) is 8.55. The van der Waals surface area contributed by atoms with Gasteiger partial charge in [0.25, 0.3) is 0 Å². The number of ether oxygens (including phenoxy) is 1. The predicted octanol–water partition coefficient (Wildman–Crippen LogP) is 3.72. The van der Waals surface area contributed by atoms with Gasteiger partial charge in [0.2, 0.25) is 5.91 Å². The lowest BCUT2D eigenvalue weighted by Gasteiger charge is -2.25. The van der Waals surface area contributed by atoms with Gasteiger partial charge in [0.15, 0.2) is 0 Å². The first-order valence-electron chi connectivity index (χ1n) is 8.55. The largest absolute Gasteiger partial charge is 0.491 e. The van der Waals surface area contributed by atoms with E-state index in [-0.39, 0.29) is 5.91 Å². The third kappa shape index (κ3) is 5.62. The maximum Gasteiger partial charge on any atom is 0.246 e. The second-order valence-electron chi connectivity index (χ2n) is 6.55. The Balaban J connectivity index is 1.91. The van der Waals surface area contributed by atoms with E-state index in [2.05, 4.69) is 13.8 Å². The molecule has 126 valence electrons. The van der Waals surface area contributed by atoms with E-state index in [1.165, 1.54) is 6.42 Å². The number of likely N-dealkylation sites (tertiary alicyclic amines) is 1. The second kappa shape index (κ2) is 8.61. The molecule has 0 radical (unpaired) electrons. The minimum atomic E-state index is 0.0838. The Bertz CT molecular complexity index is 546. The van der Waals surface area contributed by atoms with Crippen molar-refractivity contribution < 1.29 is 9.53 Å². The number of carbonyl (C=O) groups is 1. The zero-order valence-electron chi connectivity index (χ0n) is 14.3. The van der Waals surface area contributed by atoms with Gasteiger partial charge in [-0.25, -0.2) is 0 Å². The Morgan fingerprint density at radius 2 is 2.04 bits per heavy atom. The fraction of sp³-hybridized carbons (Fsp3) is 0.526. The number of anilines is 1. The van der Waals surface area contributed by atoms with Crippen LogP contribution in [0.25, 0.3) is 6.08 Å². The molecular formula is C19H28N2O2. The van der Waals surface area contributed by atoms with Gasteiger partial charge in [0, 0.05) is 19.2 Å². The van der Waals surface area contributed by atoms with Gasteiger partial charge in [-0.3, -0.25) is 4.79 Å². The van der Waals surface area contributed by atoms with Crippen LogP contribution in [0, 0.1) is 5.92 Å². The monoisotopic (exact) mass is 316 g/mol. The molecule has 1 aliphatic heterocycles. The summed E-state index contributed by atoms with van der Waals surface area (Å²) in [4.78, 5) is 14.0. The number of piperidine rings is 1. The molecule has 4 nitrogen and oxygen atoms in total. The van der Waals surface area contributed by atoms with Gasteiger partial charge in [-0.2, -0.15) is 0 Å². The normalized spacial score (nSPS) is 15.3. The third-order valence-electron chi connectivity index (χ3n) is 4.07. The highest BCUT2D eigenvalue weighted by atomic mass is 16.5. The highest BCUT2D eigenvalue weighted by Gasteiger charge is 2.13. The molecular weight excluding hydrogens is 288 g/mol. The SMILES string of the molecule is CC(C)CCOc1ccc(/C=C\C(=O)N2CCCCC2)cc1N. The third-order valence-corrected chi connectivity index (χ3v) is 4.07. The lowest BCUT2D eigenvalue weighted by atomic mass is 10.1. The van der Waals surface area contributed by atoms with Gasteiger partial charge < -0.3 is 15.4 Å². The maximum atomic E-state index is 12.1. The van der Waals surface area contributed by atoms with Crippen molar-refractivity contribution in [2.45, 2.75) is 39.5 Å². The summed E-state index contributed by atoms with van der Waals surface area (Å²) in [6.45, 7) is 6.74. The molecule has 4 heteroatoms. The van der Waals surface area contributed by atoms with Crippen LogP contribution in [-0.4, -0.2) is 30.5 Å². The van der Waals surface area contributed by atoms with Crippen LogP contribution in [0.15, 0.2) is 24.3 Å². The number of hydrogen-bond acceptors (Lipinski definition) is 3. The summed E-state index contributed by atoms with van der Waals surface area (Å²) in [5.41, 5.74) is 7.57. The van der Waals surface area contributed by atoms with Crippen molar-refractivity contribution in [1.29, 1.82) is 0 Å². The number of nitrogens with two attached hydrogens (primary N) is 1. The molecule has 0 aliphatic carbocycles. The van der Waals surface area contributed by atoms with Crippen LogP contribution in [0.1, 0.15) is 45.1 Å². The summed E-state index contributed by atoms with van der Waals surface area (Å²) >= 11 is 0. The van der Waals surface area contributed by atoms with Gasteiger partial charge in [0.1, 0.15) is 5.75 Å². The molecule has 23 heavy (non-hydrogen) atoms. The van der Waals surface area contributed by atoms with E-state index < -0.39 is 0 Å². The number of rotatable bonds is 6. The number of benzene rings is 1. The molecule has 1 aromatic carbocycles. The Kier molecular flexibility index (Phi) is 6.51. The average molecular weight is 316 g/mol. The molecule has 0 bridgehead atoms. The van der Waals surface area contributed by atoms with Crippen LogP contribution in [0.3, 0.4) is 0 Å². The fourth-order valence-corrected chi connectivity index (χ4v) is 2.59. The van der Waals surface area contributed by atoms with Crippen molar-refractivity contribution >= 4 is 17.7 Å². The van der Waals surface area contributed by atoms with E-state index in [4.69, 9.17) is 10.5 Å². The molecule has 1 fully saturated rings. The standard InChI is InChI=1S/C19H28N2O2/c1-15(2)10-13-23-18-8-6-16(14-17(18)20)7-9-19(22)21-11-4-3-5-12-21/h6-9,14-15H,3-5,10-13,20H2,1-2H3/b9-7-. The number of carbonyl (C=O) groups excluding carboxylic acids is 1. The van der Waals surface area contributed by atoms with Gasteiger partial charge in [-0.15, -0.1) is 0 Å². The van der Waals surface area contributed by atoms with Crippen LogP contribution in [-0.2, 0) is 4.79 Å². The van der Waals surface area contributed by atoms with Crippen molar-refractivity contribution in [3.05, 3.63) is 29.8 Å². The summed E-state index contributed by atoms with van der Waals surface area (Å²) in [6, 6.07) is 5.66. The van der Waals surface area contributed by atoms with Gasteiger partial charge >= 0.3 is 0 Å². The van der Waals surface area contributed by atoms with Crippen LogP contribution >= 0.6 is 0 Å². The highest BCUT2D eigenvalue weighted by Crippen LogP contribution is 2.23. The zero-order valence-corrected chi connectivity index (χ0v) is 14.3. The molecule has 1 heterocycles. The Morgan fingerprint density at radius 1 is 1.30 bits per heavy atom. The van der Waals surface area contributed by atoms with E-state index in [0.29, 0.717) is 24.0 Å². The van der Waals surface area contributed by atoms with Crippen molar-refractivity contribution in [3.8, 4) is 5.75 Å². The lowest BCUT2D eigenvalue weighted by molar-refractivity contribution is -0.126. The summed E-state index contributed by atoms with van der Waals surface area (Å²) in [7, 11) is 0. The van der Waals surface area contributed by atoms with E-state index in [0.717, 1.165) is 37.9 Å². The Hall–Kier alpha value is -1.97. The minimum absolute atomic E-state index is 0.0838. The molecule has 2 N–H and O–H groups in total. The minimum Gasteiger partial charge on any atom is -0.491 e. The molecule has 1 amide bonds. The topological polar surface area (TPSA) is 55.6 Å². The molecule has 0 unspecified atom stereocenters. The van der Waals surface area contributed by atoms with E-state index in [1.807, 2.05) is 29.2 Å². The van der Waals surface area contributed by atoms with E-state index in [1.54, 1.807) is 6.08 Å². The zero-order chi connectivity index (χ0) is 16.7. The maximum absolute atomic E-state index is 12.1. The van der Waals surface area contributed by atoms with Crippen LogP contribution < -0.4 is 10.5 Å². The molecule has 0 aromatic heterocycles. The van der Waals surface area contributed by atoms with E-state index in [9.17, 15) is 4.79 Å². The van der Waals surface area contributed by atoms with Gasteiger partial charge in [-0.1, -0.05) is 19.9 Å². The molecule has 0 atom stereocenters. The predicted molar refractivity (Wildman–Crippen MR) is 95.3 cm³/mol. The quantitative estimate of drug-likeness (QED) is 0.643. The first-order chi connectivity index (χ1) is 11.1. The fourth-order valence-electron chi connectivity index (χ4n) is 2.59. The van der Waals surface area contributed by atoms with Crippen LogP contribution in [0.2, 0.25) is 0 Å². The molecule has 1 aromatic rings. The number of nitrogen functional groups attached to an aromatic ring is 1. The van der Waals surface area contributed by atoms with Crippen molar-refractivity contribution in [2.75, 3.05) is 25.4 Å². The molecule has 1 saturated heterocycles. The molecule has 0 spiro atoms. The Morgan fingerprint density at radius 3 is 2.70 bits per heavy atom. The van der Waals surface area contributed by atoms with Crippen LogP contribution in [0.5, 0.6) is 5.75 Å². The summed E-state index contributed by atoms with van der Waals surface area (Å²) < 4.78 is 5.70. The molecule has 2 rings (SSSR count). The summed E-state index contributed by atoms with van der Waals surface area (Å²) in [6.07, 6.45) is 7.90. The molecule has 0 saturated carbocycles. The lowest BCUT2D eigenvalue weighted by Crippen LogP contribution is -2.34. The number of hydrogen-bond donors (Lipinski definition) is 1. The van der Waals surface area contributed by atoms with Crippen molar-refractivity contribution in [2.24, 2.45) is 5.92 Å².